The van der Waals surface area contributed by atoms with Crippen LogP contribution in [0.15, 0.2) is 89.4 Å². The van der Waals surface area contributed by atoms with Gasteiger partial charge in [-0.05, 0) is 30.4 Å². The smallest absolute Gasteiger partial charge is 0.417 e. The number of alkyl halides is 5. The summed E-state index contributed by atoms with van der Waals surface area (Å²) in [5.74, 6) is -1.56. The zero-order chi connectivity index (χ0) is 28.2. The number of pyridine rings is 2. The van der Waals surface area contributed by atoms with Crippen LogP contribution in [0.1, 0.15) is 5.56 Å². The molecule has 12 heteroatoms. The number of halogens is 5. The van der Waals surface area contributed by atoms with Gasteiger partial charge in [0.1, 0.15) is 5.82 Å². The number of thioether (sulfide) groups is 1. The Morgan fingerprint density at radius 3 is 2.27 bits per heavy atom. The van der Waals surface area contributed by atoms with E-state index in [1.54, 1.807) is 36.4 Å². The van der Waals surface area contributed by atoms with Crippen LogP contribution in [-0.4, -0.2) is 40.7 Å². The first-order valence-corrected chi connectivity index (χ1v) is 11.2. The van der Waals surface area contributed by atoms with Crippen molar-refractivity contribution in [3.8, 4) is 5.69 Å². The fourth-order valence-corrected chi connectivity index (χ4v) is 3.71. The monoisotopic (exact) mass is 541 g/mol. The third kappa shape index (κ3) is 8.04. The number of para-hydroxylation sites is 1. The van der Waals surface area contributed by atoms with Crippen LogP contribution in [-0.2, 0) is 11.0 Å². The summed E-state index contributed by atoms with van der Waals surface area (Å²) in [5, 5.41) is 11.1. The highest BCUT2D eigenvalue weighted by molar-refractivity contribution is 7.99. The van der Waals surface area contributed by atoms with Crippen LogP contribution < -0.4 is 10.7 Å². The molecule has 0 aliphatic heterocycles. The second-order valence-electron chi connectivity index (χ2n) is 6.64. The number of hydrogen-bond donors (Lipinski definition) is 2. The SMILES string of the molecule is C=C/C=C(\C=C)Nc1cc(=O)c2c(C(F)(F)F)cc(SCC(=O)O)nc2n1-c1ccccc1.CF.CF. The van der Waals surface area contributed by atoms with E-state index < -0.39 is 34.3 Å². The molecule has 0 spiro atoms. The molecule has 3 rings (SSSR count). The van der Waals surface area contributed by atoms with Crippen molar-refractivity contribution < 1.29 is 31.9 Å². The van der Waals surface area contributed by atoms with Gasteiger partial charge >= 0.3 is 12.1 Å². The van der Waals surface area contributed by atoms with Gasteiger partial charge in [0.2, 0.25) is 0 Å². The maximum absolute atomic E-state index is 13.9. The number of nitrogens with zero attached hydrogens (tertiary/aromatic N) is 2. The Morgan fingerprint density at radius 2 is 1.76 bits per heavy atom. The summed E-state index contributed by atoms with van der Waals surface area (Å²) in [7, 11) is 1.00. The highest BCUT2D eigenvalue weighted by atomic mass is 32.2. The molecule has 3 aromatic rings. The maximum atomic E-state index is 13.9. The minimum atomic E-state index is -4.86. The van der Waals surface area contributed by atoms with Gasteiger partial charge < -0.3 is 10.4 Å². The summed E-state index contributed by atoms with van der Waals surface area (Å²) in [6.45, 7) is 7.28. The second-order valence-corrected chi connectivity index (χ2v) is 7.63. The van der Waals surface area contributed by atoms with Crippen LogP contribution in [0.2, 0.25) is 0 Å². The third-order valence-corrected chi connectivity index (χ3v) is 5.29. The van der Waals surface area contributed by atoms with Gasteiger partial charge in [-0.25, -0.2) is 4.98 Å². The number of fused-ring (bicyclic) bond motifs is 1. The molecule has 6 nitrogen and oxygen atoms in total. The first-order chi connectivity index (χ1) is 17.7. The normalized spacial score (nSPS) is 10.9. The zero-order valence-electron chi connectivity index (χ0n) is 19.9. The number of anilines is 1. The van der Waals surface area contributed by atoms with E-state index in [0.29, 0.717) is 43.6 Å². The van der Waals surface area contributed by atoms with E-state index in [1.807, 2.05) is 0 Å². The van der Waals surface area contributed by atoms with Crippen LogP contribution in [0.3, 0.4) is 0 Å². The van der Waals surface area contributed by atoms with Gasteiger partial charge in [0.15, 0.2) is 11.1 Å². The van der Waals surface area contributed by atoms with Gasteiger partial charge in [0.25, 0.3) is 0 Å². The molecule has 2 heterocycles. The molecule has 0 atom stereocenters. The molecule has 0 saturated heterocycles. The van der Waals surface area contributed by atoms with Crippen LogP contribution in [0.25, 0.3) is 16.7 Å². The van der Waals surface area contributed by atoms with Crippen molar-refractivity contribution in [1.29, 1.82) is 0 Å². The molecule has 1 aromatic carbocycles. The Labute approximate surface area is 213 Å². The van der Waals surface area contributed by atoms with Gasteiger partial charge in [-0.2, -0.15) is 13.2 Å². The Bertz CT molecular complexity index is 1320. The van der Waals surface area contributed by atoms with Crippen LogP contribution in [0.4, 0.5) is 27.8 Å². The largest absolute Gasteiger partial charge is 0.481 e. The van der Waals surface area contributed by atoms with Crippen molar-refractivity contribution in [2.45, 2.75) is 11.2 Å². The fraction of sp³-hybridized carbons (Fsp3) is 0.160. The third-order valence-electron chi connectivity index (χ3n) is 4.40. The predicted octanol–water partition coefficient (Wildman–Crippen LogP) is 6.42. The standard InChI is InChI=1S/C23H18F3N3O3S.2CH3F/c1-3-8-14(4-2)27-18-12-17(30)21-16(23(24,25)26)11-19(33-13-20(31)32)28-22(21)29(18)15-9-6-5-7-10-15;2*1-2/h3-12,27H,1-2,13H2,(H,31,32);2*1H3/b14-8+;;. The quantitative estimate of drug-likeness (QED) is 0.195. The fourth-order valence-electron chi connectivity index (χ4n) is 3.09. The lowest BCUT2D eigenvalue weighted by atomic mass is 10.1. The molecule has 0 radical (unpaired) electrons. The van der Waals surface area contributed by atoms with Gasteiger partial charge in [0.05, 0.1) is 36.1 Å². The maximum Gasteiger partial charge on any atom is 0.417 e. The molecule has 198 valence electrons. The van der Waals surface area contributed by atoms with Crippen molar-refractivity contribution in [2.24, 2.45) is 0 Å². The molecule has 2 aromatic heterocycles. The number of aromatic nitrogens is 2. The van der Waals surface area contributed by atoms with Crippen molar-refractivity contribution in [1.82, 2.24) is 9.55 Å². The molecule has 0 saturated carbocycles. The number of aliphatic carboxylic acids is 1. The molecule has 2 N–H and O–H groups in total. The summed E-state index contributed by atoms with van der Waals surface area (Å²) < 4.78 is 62.1. The average molecular weight is 542 g/mol. The number of allylic oxidation sites excluding steroid dienone is 3. The Hall–Kier alpha value is -3.93. The molecule has 0 aliphatic carbocycles. The first-order valence-electron chi connectivity index (χ1n) is 10.2. The van der Waals surface area contributed by atoms with Gasteiger partial charge in [0, 0.05) is 17.5 Å². The Kier molecular flexibility index (Phi) is 12.3. The number of carbonyl (C=O) groups is 1. The molecule has 0 fully saturated rings. The molecular weight excluding hydrogens is 517 g/mol. The molecule has 0 bridgehead atoms. The number of carboxylic acid groups (broad SMARTS) is 1. The van der Waals surface area contributed by atoms with Crippen LogP contribution in [0.5, 0.6) is 0 Å². The number of rotatable bonds is 8. The highest BCUT2D eigenvalue weighted by Gasteiger charge is 2.35. The van der Waals surface area contributed by atoms with E-state index in [-0.39, 0.29) is 16.5 Å². The summed E-state index contributed by atoms with van der Waals surface area (Å²) in [4.78, 5) is 28.1. The number of hydrogen-bond acceptors (Lipinski definition) is 5. The van der Waals surface area contributed by atoms with E-state index >= 15 is 0 Å². The lowest BCUT2D eigenvalue weighted by molar-refractivity contribution is -0.136. The Morgan fingerprint density at radius 1 is 1.14 bits per heavy atom. The molecule has 37 heavy (non-hydrogen) atoms. The molecule has 0 unspecified atom stereocenters. The van der Waals surface area contributed by atoms with Crippen molar-refractivity contribution in [3.05, 3.63) is 95.3 Å². The average Bonchev–Trinajstić information content (AvgIpc) is 2.89. The topological polar surface area (TPSA) is 84.2 Å². The minimum Gasteiger partial charge on any atom is -0.481 e. The minimum absolute atomic E-state index is 0.146. The summed E-state index contributed by atoms with van der Waals surface area (Å²) in [6.07, 6.45) is -0.349. The van der Waals surface area contributed by atoms with E-state index in [1.165, 1.54) is 16.7 Å². The van der Waals surface area contributed by atoms with Crippen molar-refractivity contribution >= 4 is 34.6 Å². The Balaban J connectivity index is 0.00000163. The molecular formula is C25H24F5N3O3S. The lowest BCUT2D eigenvalue weighted by Gasteiger charge is -2.20. The summed E-state index contributed by atoms with van der Waals surface area (Å²) in [6, 6.07) is 10.1. The van der Waals surface area contributed by atoms with Crippen molar-refractivity contribution in [2.75, 3.05) is 25.4 Å². The van der Waals surface area contributed by atoms with Gasteiger partial charge in [-0.3, -0.25) is 22.9 Å². The van der Waals surface area contributed by atoms with E-state index in [0.717, 1.165) is 6.07 Å². The zero-order valence-corrected chi connectivity index (χ0v) is 20.7. The highest BCUT2D eigenvalue weighted by Crippen LogP contribution is 2.37. The van der Waals surface area contributed by atoms with Gasteiger partial charge in [-0.15, -0.1) is 0 Å². The second kappa shape index (κ2) is 14.6. The van der Waals surface area contributed by atoms with Crippen molar-refractivity contribution in [3.63, 3.8) is 0 Å². The molecule has 0 amide bonds. The predicted molar refractivity (Wildman–Crippen MR) is 137 cm³/mol. The van der Waals surface area contributed by atoms with E-state index in [4.69, 9.17) is 5.11 Å². The number of nitrogens with one attached hydrogen (secondary N) is 1. The van der Waals surface area contributed by atoms with E-state index in [9.17, 15) is 31.5 Å². The first kappa shape index (κ1) is 31.1. The summed E-state index contributed by atoms with van der Waals surface area (Å²) in [5.41, 5.74) is -1.46. The van der Waals surface area contributed by atoms with E-state index in [2.05, 4.69) is 23.5 Å². The van der Waals surface area contributed by atoms with Gasteiger partial charge in [-0.1, -0.05) is 49.2 Å². The number of carboxylic acids is 1. The lowest BCUT2D eigenvalue weighted by Crippen LogP contribution is -2.19. The molecule has 0 aliphatic rings. The summed E-state index contributed by atoms with van der Waals surface area (Å²) >= 11 is 0.629. The van der Waals surface area contributed by atoms with Crippen LogP contribution in [0, 0.1) is 0 Å². The van der Waals surface area contributed by atoms with Crippen LogP contribution >= 0.6 is 11.8 Å². The number of benzene rings is 1.